The Bertz CT molecular complexity index is 440. The van der Waals surface area contributed by atoms with Crippen LogP contribution in [0.5, 0.6) is 0 Å². The Morgan fingerprint density at radius 2 is 2.15 bits per heavy atom. The lowest BCUT2D eigenvalue weighted by Crippen LogP contribution is -2.42. The van der Waals surface area contributed by atoms with E-state index in [1.165, 1.54) is 6.07 Å². The Hall–Kier alpha value is -0.370. The van der Waals surface area contributed by atoms with Gasteiger partial charge >= 0.3 is 0 Å². The van der Waals surface area contributed by atoms with Crippen LogP contribution >= 0.6 is 39.9 Å². The van der Waals surface area contributed by atoms with Crippen LogP contribution in [0, 0.1) is 5.82 Å². The molecule has 0 aliphatic heterocycles. The Balaban J connectivity index is 0.00000361. The topological polar surface area (TPSA) is 36.4 Å². The molecule has 1 unspecified atom stereocenters. The van der Waals surface area contributed by atoms with Crippen LogP contribution in [0.2, 0.25) is 0 Å². The minimum atomic E-state index is -0.171. The van der Waals surface area contributed by atoms with Gasteiger partial charge in [0.15, 0.2) is 5.96 Å². The van der Waals surface area contributed by atoms with E-state index in [0.29, 0.717) is 24.6 Å². The summed E-state index contributed by atoms with van der Waals surface area (Å²) in [5, 5.41) is 6.45. The number of guanidine groups is 1. The molecule has 0 spiro atoms. The van der Waals surface area contributed by atoms with Gasteiger partial charge in [-0.25, -0.2) is 4.39 Å². The highest BCUT2D eigenvalue weighted by Crippen LogP contribution is 2.15. The van der Waals surface area contributed by atoms with Crippen molar-refractivity contribution in [3.63, 3.8) is 0 Å². The summed E-state index contributed by atoms with van der Waals surface area (Å²) < 4.78 is 14.4. The van der Waals surface area contributed by atoms with Crippen molar-refractivity contribution in [2.24, 2.45) is 4.99 Å². The smallest absolute Gasteiger partial charge is 0.191 e. The number of hydrogen-bond donors (Lipinski definition) is 2. The van der Waals surface area contributed by atoms with E-state index in [2.05, 4.69) is 45.4 Å². The van der Waals surface area contributed by atoms with Gasteiger partial charge in [0.25, 0.3) is 0 Å². The second-order valence-corrected chi connectivity index (χ2v) is 5.35. The Kier molecular flexibility index (Phi) is 10.2. The molecule has 20 heavy (non-hydrogen) atoms. The zero-order valence-electron chi connectivity index (χ0n) is 12.0. The van der Waals surface area contributed by atoms with Crippen molar-refractivity contribution in [1.82, 2.24) is 10.6 Å². The van der Waals surface area contributed by atoms with Gasteiger partial charge in [0.05, 0.1) is 0 Å². The van der Waals surface area contributed by atoms with Gasteiger partial charge < -0.3 is 10.6 Å². The molecule has 1 aromatic rings. The number of benzene rings is 1. The van der Waals surface area contributed by atoms with Crippen molar-refractivity contribution in [2.75, 3.05) is 13.6 Å². The van der Waals surface area contributed by atoms with Gasteiger partial charge in [0, 0.05) is 24.1 Å². The molecule has 2 N–H and O–H groups in total. The normalized spacial score (nSPS) is 12.6. The minimum absolute atomic E-state index is 0. The van der Waals surface area contributed by atoms with Crippen LogP contribution in [0.15, 0.2) is 27.7 Å². The molecule has 0 bridgehead atoms. The molecule has 0 heterocycles. The van der Waals surface area contributed by atoms with E-state index in [1.54, 1.807) is 13.1 Å². The third-order valence-corrected chi connectivity index (χ3v) is 3.41. The number of nitrogens with zero attached hydrogens (tertiary/aromatic N) is 1. The van der Waals surface area contributed by atoms with Gasteiger partial charge in [-0.3, -0.25) is 4.99 Å². The zero-order valence-corrected chi connectivity index (χ0v) is 16.0. The number of hydrogen-bond acceptors (Lipinski definition) is 1. The average molecular weight is 458 g/mol. The van der Waals surface area contributed by atoms with Crippen molar-refractivity contribution < 1.29 is 4.39 Å². The first-order chi connectivity index (χ1) is 9.06. The molecule has 0 saturated heterocycles. The number of aliphatic imine (C=N–C) groups is 1. The van der Waals surface area contributed by atoms with Crippen LogP contribution in [0.25, 0.3) is 0 Å². The van der Waals surface area contributed by atoms with E-state index in [0.717, 1.165) is 16.9 Å². The van der Waals surface area contributed by atoms with Crippen LogP contribution in [-0.4, -0.2) is 25.6 Å². The summed E-state index contributed by atoms with van der Waals surface area (Å²) in [5.74, 6) is 0.583. The summed E-state index contributed by atoms with van der Waals surface area (Å²) in [6.07, 6.45) is 1.65. The molecule has 0 amide bonds. The molecule has 114 valence electrons. The molecule has 0 aliphatic rings. The maximum atomic E-state index is 13.5. The first-order valence-corrected chi connectivity index (χ1v) is 7.27. The van der Waals surface area contributed by atoms with Crippen molar-refractivity contribution in [3.8, 4) is 0 Å². The van der Waals surface area contributed by atoms with Crippen molar-refractivity contribution in [3.05, 3.63) is 34.1 Å². The van der Waals surface area contributed by atoms with Crippen LogP contribution in [0.4, 0.5) is 4.39 Å². The maximum Gasteiger partial charge on any atom is 0.191 e. The average Bonchev–Trinajstić information content (AvgIpc) is 2.41. The zero-order chi connectivity index (χ0) is 14.3. The summed E-state index contributed by atoms with van der Waals surface area (Å²) in [6, 6.07) is 5.36. The molecule has 6 heteroatoms. The Morgan fingerprint density at radius 1 is 1.45 bits per heavy atom. The monoisotopic (exact) mass is 457 g/mol. The highest BCUT2D eigenvalue weighted by molar-refractivity contribution is 14.0. The standard InChI is InChI=1S/C14H21BrFN3.HI/c1-4-10(2)19-14(17-3)18-8-7-11-9-12(15)5-6-13(11)16;/h5-6,9-10H,4,7-8H2,1-3H3,(H2,17,18,19);1H. The molecule has 0 aromatic heterocycles. The number of halogens is 3. The molecule has 0 radical (unpaired) electrons. The summed E-state index contributed by atoms with van der Waals surface area (Å²) >= 11 is 3.35. The lowest BCUT2D eigenvalue weighted by Gasteiger charge is -2.16. The van der Waals surface area contributed by atoms with Crippen LogP contribution in [-0.2, 0) is 6.42 Å². The van der Waals surface area contributed by atoms with Crippen LogP contribution in [0.3, 0.4) is 0 Å². The van der Waals surface area contributed by atoms with Crippen LogP contribution in [0.1, 0.15) is 25.8 Å². The summed E-state index contributed by atoms with van der Waals surface area (Å²) in [5.41, 5.74) is 0.695. The molecular weight excluding hydrogens is 436 g/mol. The summed E-state index contributed by atoms with van der Waals surface area (Å²) in [7, 11) is 1.73. The Morgan fingerprint density at radius 3 is 2.75 bits per heavy atom. The fraction of sp³-hybridized carbons (Fsp3) is 0.500. The first-order valence-electron chi connectivity index (χ1n) is 6.48. The Labute approximate surface area is 146 Å². The van der Waals surface area contributed by atoms with Crippen molar-refractivity contribution >= 4 is 45.9 Å². The van der Waals surface area contributed by atoms with E-state index >= 15 is 0 Å². The molecule has 1 atom stereocenters. The lowest BCUT2D eigenvalue weighted by atomic mass is 10.1. The third-order valence-electron chi connectivity index (χ3n) is 2.91. The molecule has 1 aromatic carbocycles. The van der Waals surface area contributed by atoms with E-state index in [-0.39, 0.29) is 29.8 Å². The van der Waals surface area contributed by atoms with Gasteiger partial charge in [-0.1, -0.05) is 22.9 Å². The predicted octanol–water partition coefficient (Wildman–Crippen LogP) is 3.71. The van der Waals surface area contributed by atoms with E-state index in [1.807, 2.05) is 6.07 Å². The molecule has 1 rings (SSSR count). The quantitative estimate of drug-likeness (QED) is 0.401. The van der Waals surface area contributed by atoms with Gasteiger partial charge in [0.2, 0.25) is 0 Å². The van der Waals surface area contributed by atoms with Crippen molar-refractivity contribution in [2.45, 2.75) is 32.7 Å². The predicted molar refractivity (Wildman–Crippen MR) is 97.5 cm³/mol. The number of rotatable bonds is 5. The second-order valence-electron chi connectivity index (χ2n) is 4.44. The summed E-state index contributed by atoms with van der Waals surface area (Å²) in [6.45, 7) is 4.85. The van der Waals surface area contributed by atoms with Gasteiger partial charge in [-0.05, 0) is 43.5 Å². The van der Waals surface area contributed by atoms with E-state index in [4.69, 9.17) is 0 Å². The summed E-state index contributed by atoms with van der Waals surface area (Å²) in [4.78, 5) is 4.14. The lowest BCUT2D eigenvalue weighted by molar-refractivity contribution is 0.602. The van der Waals surface area contributed by atoms with E-state index < -0.39 is 0 Å². The molecule has 0 aliphatic carbocycles. The van der Waals surface area contributed by atoms with Gasteiger partial charge in [-0.15, -0.1) is 24.0 Å². The fourth-order valence-corrected chi connectivity index (χ4v) is 1.99. The largest absolute Gasteiger partial charge is 0.356 e. The molecule has 0 fully saturated rings. The third kappa shape index (κ3) is 6.88. The van der Waals surface area contributed by atoms with E-state index in [9.17, 15) is 4.39 Å². The van der Waals surface area contributed by atoms with Gasteiger partial charge in [-0.2, -0.15) is 0 Å². The first kappa shape index (κ1) is 19.6. The molecular formula is C14H22BrFIN3. The second kappa shape index (κ2) is 10.4. The SMILES string of the molecule is CCC(C)NC(=NC)NCCc1cc(Br)ccc1F.I. The highest BCUT2D eigenvalue weighted by Gasteiger charge is 2.05. The minimum Gasteiger partial charge on any atom is -0.356 e. The highest BCUT2D eigenvalue weighted by atomic mass is 127. The molecule has 3 nitrogen and oxygen atoms in total. The maximum absolute atomic E-state index is 13.5. The molecule has 0 saturated carbocycles. The van der Waals surface area contributed by atoms with Crippen LogP contribution < -0.4 is 10.6 Å². The van der Waals surface area contributed by atoms with Gasteiger partial charge in [0.1, 0.15) is 5.82 Å². The number of nitrogens with one attached hydrogen (secondary N) is 2. The fourth-order valence-electron chi connectivity index (χ4n) is 1.58. The van der Waals surface area contributed by atoms with Crippen molar-refractivity contribution in [1.29, 1.82) is 0 Å².